The fraction of sp³-hybridized carbons (Fsp3) is 0.875. The average molecular weight is 217 g/mol. The molecule has 80 valence electrons. The van der Waals surface area contributed by atoms with Crippen molar-refractivity contribution in [3.8, 4) is 6.07 Å². The number of hydrogen-bond donors (Lipinski definition) is 1. The molecule has 0 aromatic carbocycles. The van der Waals surface area contributed by atoms with Gasteiger partial charge < -0.3 is 5.32 Å². The second-order valence-electron chi connectivity index (χ2n) is 3.32. The summed E-state index contributed by atoms with van der Waals surface area (Å²) in [5.41, 5.74) is 0. The molecule has 0 aromatic rings. The van der Waals surface area contributed by atoms with E-state index in [-0.39, 0.29) is 0 Å². The summed E-state index contributed by atoms with van der Waals surface area (Å²) in [5.74, 6) is 0. The predicted molar refractivity (Wildman–Crippen MR) is 53.1 cm³/mol. The molecule has 1 N–H and O–H groups in total. The minimum atomic E-state index is -3.40. The van der Waals surface area contributed by atoms with E-state index in [1.165, 1.54) is 11.2 Å². The molecule has 0 saturated carbocycles. The Morgan fingerprint density at radius 2 is 2.14 bits per heavy atom. The van der Waals surface area contributed by atoms with Gasteiger partial charge in [0.2, 0.25) is 10.0 Å². The van der Waals surface area contributed by atoms with Gasteiger partial charge in [0.1, 0.15) is 0 Å². The minimum Gasteiger partial charge on any atom is -0.315 e. The Hall–Kier alpha value is -0.640. The maximum absolute atomic E-state index is 11.7. The summed E-state index contributed by atoms with van der Waals surface area (Å²) in [6, 6.07) is 1.77. The molecule has 5 nitrogen and oxygen atoms in total. The van der Waals surface area contributed by atoms with Crippen LogP contribution < -0.4 is 5.32 Å². The Balaban J connectivity index is 2.76. The first-order valence-electron chi connectivity index (χ1n) is 4.68. The van der Waals surface area contributed by atoms with Gasteiger partial charge in [0, 0.05) is 19.6 Å². The van der Waals surface area contributed by atoms with Crippen molar-refractivity contribution in [3.05, 3.63) is 0 Å². The Morgan fingerprint density at radius 1 is 1.43 bits per heavy atom. The number of nitriles is 1. The summed E-state index contributed by atoms with van der Waals surface area (Å²) in [6.45, 7) is 3.91. The van der Waals surface area contributed by atoms with E-state index in [1.54, 1.807) is 6.07 Å². The van der Waals surface area contributed by atoms with E-state index < -0.39 is 15.3 Å². The Bertz CT molecular complexity index is 312. The van der Waals surface area contributed by atoms with Crippen LogP contribution in [0.1, 0.15) is 13.3 Å². The van der Waals surface area contributed by atoms with Crippen LogP contribution in [0, 0.1) is 11.3 Å². The summed E-state index contributed by atoms with van der Waals surface area (Å²) in [7, 11) is -3.40. The molecular weight excluding hydrogens is 202 g/mol. The molecule has 1 atom stereocenters. The number of sulfonamides is 1. The van der Waals surface area contributed by atoms with Crippen LogP contribution in [0.2, 0.25) is 0 Å². The zero-order valence-electron chi connectivity index (χ0n) is 8.23. The van der Waals surface area contributed by atoms with E-state index in [2.05, 4.69) is 5.32 Å². The Morgan fingerprint density at radius 3 is 2.79 bits per heavy atom. The SMILES string of the molecule is CC(C#N)S(=O)(=O)N1CCCNCC1. The molecule has 0 aliphatic carbocycles. The summed E-state index contributed by atoms with van der Waals surface area (Å²) in [6.07, 6.45) is 0.803. The minimum absolute atomic E-state index is 0.467. The molecule has 0 amide bonds. The van der Waals surface area contributed by atoms with Gasteiger partial charge in [-0.25, -0.2) is 8.42 Å². The lowest BCUT2D eigenvalue weighted by Gasteiger charge is -2.20. The van der Waals surface area contributed by atoms with Gasteiger partial charge >= 0.3 is 0 Å². The third kappa shape index (κ3) is 2.44. The maximum Gasteiger partial charge on any atom is 0.230 e. The van der Waals surface area contributed by atoms with Crippen molar-refractivity contribution < 1.29 is 8.42 Å². The third-order valence-corrected chi connectivity index (χ3v) is 4.37. The lowest BCUT2D eigenvalue weighted by atomic mass is 10.4. The molecule has 1 aliphatic rings. The lowest BCUT2D eigenvalue weighted by Crippen LogP contribution is -2.39. The Labute approximate surface area is 84.8 Å². The molecular formula is C8H15N3O2S. The highest BCUT2D eigenvalue weighted by Crippen LogP contribution is 2.09. The standard InChI is InChI=1S/C8H15N3O2S/c1-8(7-9)14(12,13)11-5-2-3-10-4-6-11/h8,10H,2-6H2,1H3. The van der Waals surface area contributed by atoms with Gasteiger partial charge in [-0.2, -0.15) is 9.57 Å². The van der Waals surface area contributed by atoms with Gasteiger partial charge in [0.15, 0.2) is 5.25 Å². The zero-order chi connectivity index (χ0) is 10.6. The fourth-order valence-corrected chi connectivity index (χ4v) is 2.68. The molecule has 14 heavy (non-hydrogen) atoms. The van der Waals surface area contributed by atoms with Crippen molar-refractivity contribution in [2.24, 2.45) is 0 Å². The lowest BCUT2D eigenvalue weighted by molar-refractivity contribution is 0.429. The van der Waals surface area contributed by atoms with Crippen LogP contribution in [0.3, 0.4) is 0 Å². The van der Waals surface area contributed by atoms with Gasteiger partial charge in [0.25, 0.3) is 0 Å². The average Bonchev–Trinajstić information content (AvgIpc) is 2.44. The molecule has 1 rings (SSSR count). The molecule has 0 spiro atoms. The molecule has 1 fully saturated rings. The van der Waals surface area contributed by atoms with Gasteiger partial charge in [0.05, 0.1) is 6.07 Å². The third-order valence-electron chi connectivity index (χ3n) is 2.29. The zero-order valence-corrected chi connectivity index (χ0v) is 9.05. The Kier molecular flexibility index (Phi) is 3.86. The second kappa shape index (κ2) is 4.73. The van der Waals surface area contributed by atoms with E-state index in [9.17, 15) is 8.42 Å². The van der Waals surface area contributed by atoms with E-state index in [0.29, 0.717) is 19.6 Å². The van der Waals surface area contributed by atoms with Crippen LogP contribution in [-0.2, 0) is 10.0 Å². The molecule has 0 bridgehead atoms. The van der Waals surface area contributed by atoms with Gasteiger partial charge in [-0.3, -0.25) is 0 Å². The molecule has 6 heteroatoms. The van der Waals surface area contributed by atoms with E-state index in [4.69, 9.17) is 5.26 Å². The highest BCUT2D eigenvalue weighted by molar-refractivity contribution is 7.89. The summed E-state index contributed by atoms with van der Waals surface area (Å²) < 4.78 is 24.9. The smallest absolute Gasteiger partial charge is 0.230 e. The molecule has 1 heterocycles. The fourth-order valence-electron chi connectivity index (χ4n) is 1.37. The first-order chi connectivity index (χ1) is 6.59. The molecule has 1 aliphatic heterocycles. The highest BCUT2D eigenvalue weighted by atomic mass is 32.2. The first kappa shape index (κ1) is 11.4. The van der Waals surface area contributed by atoms with E-state index in [0.717, 1.165) is 13.0 Å². The van der Waals surface area contributed by atoms with Crippen LogP contribution in [0.15, 0.2) is 0 Å². The first-order valence-corrected chi connectivity index (χ1v) is 6.18. The largest absolute Gasteiger partial charge is 0.315 e. The predicted octanol–water partition coefficient (Wildman–Crippen LogP) is -0.476. The summed E-state index contributed by atoms with van der Waals surface area (Å²) in [4.78, 5) is 0. The maximum atomic E-state index is 11.7. The van der Waals surface area contributed by atoms with Gasteiger partial charge in [-0.05, 0) is 19.9 Å². The van der Waals surface area contributed by atoms with Crippen LogP contribution >= 0.6 is 0 Å². The highest BCUT2D eigenvalue weighted by Gasteiger charge is 2.28. The number of nitrogens with zero attached hydrogens (tertiary/aromatic N) is 2. The summed E-state index contributed by atoms with van der Waals surface area (Å²) >= 11 is 0. The van der Waals surface area contributed by atoms with Crippen LogP contribution in [0.5, 0.6) is 0 Å². The van der Waals surface area contributed by atoms with Crippen molar-refractivity contribution in [3.63, 3.8) is 0 Å². The number of rotatable bonds is 2. The van der Waals surface area contributed by atoms with Gasteiger partial charge in [-0.1, -0.05) is 0 Å². The van der Waals surface area contributed by atoms with Crippen LogP contribution in [0.25, 0.3) is 0 Å². The van der Waals surface area contributed by atoms with Gasteiger partial charge in [-0.15, -0.1) is 0 Å². The van der Waals surface area contributed by atoms with Crippen molar-refractivity contribution in [2.75, 3.05) is 26.2 Å². The van der Waals surface area contributed by atoms with Crippen LogP contribution in [0.4, 0.5) is 0 Å². The topological polar surface area (TPSA) is 73.2 Å². The van der Waals surface area contributed by atoms with Crippen molar-refractivity contribution >= 4 is 10.0 Å². The summed E-state index contributed by atoms with van der Waals surface area (Å²) in [5, 5.41) is 10.8. The van der Waals surface area contributed by atoms with Crippen molar-refractivity contribution in [1.82, 2.24) is 9.62 Å². The van der Waals surface area contributed by atoms with Crippen LogP contribution in [-0.4, -0.2) is 44.2 Å². The number of nitrogens with one attached hydrogen (secondary N) is 1. The molecule has 1 saturated heterocycles. The second-order valence-corrected chi connectivity index (χ2v) is 5.57. The molecule has 0 radical (unpaired) electrons. The quantitative estimate of drug-likeness (QED) is 0.678. The number of hydrogen-bond acceptors (Lipinski definition) is 4. The molecule has 1 unspecified atom stereocenters. The molecule has 0 aromatic heterocycles. The van der Waals surface area contributed by atoms with Crippen molar-refractivity contribution in [1.29, 1.82) is 5.26 Å². The normalized spacial score (nSPS) is 22.3. The van der Waals surface area contributed by atoms with E-state index >= 15 is 0 Å². The monoisotopic (exact) mass is 217 g/mol. The van der Waals surface area contributed by atoms with E-state index in [1.807, 2.05) is 0 Å². The van der Waals surface area contributed by atoms with Crippen molar-refractivity contribution in [2.45, 2.75) is 18.6 Å².